The van der Waals surface area contributed by atoms with E-state index in [1.165, 1.54) is 0 Å². The van der Waals surface area contributed by atoms with E-state index in [9.17, 15) is 0 Å². The summed E-state index contributed by atoms with van der Waals surface area (Å²) in [5, 5.41) is 7.42. The van der Waals surface area contributed by atoms with Gasteiger partial charge in [0.15, 0.2) is 11.3 Å². The SMILES string of the molecule is COCc1cnc2ccc(Cn3[nH]c4ncc(-c5cnn(C)c5)nc43)cn12. The minimum atomic E-state index is 0.523. The summed E-state index contributed by atoms with van der Waals surface area (Å²) < 4.78 is 11.0. The zero-order valence-corrected chi connectivity index (χ0v) is 15.0. The molecule has 0 bridgehead atoms. The fourth-order valence-electron chi connectivity index (χ4n) is 3.19. The van der Waals surface area contributed by atoms with Gasteiger partial charge in [-0.15, -0.1) is 0 Å². The quantitative estimate of drug-likeness (QED) is 0.516. The van der Waals surface area contributed by atoms with Crippen molar-refractivity contribution in [2.24, 2.45) is 7.05 Å². The van der Waals surface area contributed by atoms with Crippen LogP contribution in [0, 0.1) is 0 Å². The summed E-state index contributed by atoms with van der Waals surface area (Å²) in [5.41, 5.74) is 6.42. The minimum Gasteiger partial charge on any atom is -0.378 e. The highest BCUT2D eigenvalue weighted by molar-refractivity contribution is 5.71. The Bertz CT molecular complexity index is 1240. The number of H-pyrrole nitrogens is 1. The molecule has 5 heterocycles. The second-order valence-corrected chi connectivity index (χ2v) is 6.48. The van der Waals surface area contributed by atoms with Crippen molar-refractivity contribution in [3.05, 3.63) is 54.4 Å². The summed E-state index contributed by atoms with van der Waals surface area (Å²) in [6.45, 7) is 1.19. The lowest BCUT2D eigenvalue weighted by molar-refractivity contribution is 0.181. The van der Waals surface area contributed by atoms with E-state index in [-0.39, 0.29) is 0 Å². The molecule has 0 radical (unpaired) electrons. The van der Waals surface area contributed by atoms with Gasteiger partial charge in [0.05, 0.1) is 43.1 Å². The maximum atomic E-state index is 5.24. The number of aromatic amines is 1. The van der Waals surface area contributed by atoms with Crippen molar-refractivity contribution in [2.45, 2.75) is 13.2 Å². The number of rotatable bonds is 5. The Hall–Kier alpha value is -3.46. The summed E-state index contributed by atoms with van der Waals surface area (Å²) in [7, 11) is 3.57. The topological polar surface area (TPSA) is 90.9 Å². The highest BCUT2D eigenvalue weighted by Crippen LogP contribution is 2.20. The molecule has 5 aromatic heterocycles. The Balaban J connectivity index is 1.47. The Morgan fingerprint density at radius 1 is 1.11 bits per heavy atom. The van der Waals surface area contributed by atoms with Crippen LogP contribution >= 0.6 is 0 Å². The average molecular weight is 362 g/mol. The molecular formula is C18H18N8O. The summed E-state index contributed by atoms with van der Waals surface area (Å²) in [6.07, 6.45) is 9.39. The smallest absolute Gasteiger partial charge is 0.193 e. The van der Waals surface area contributed by atoms with Crippen molar-refractivity contribution in [2.75, 3.05) is 7.11 Å². The van der Waals surface area contributed by atoms with E-state index >= 15 is 0 Å². The molecule has 0 saturated heterocycles. The van der Waals surface area contributed by atoms with Gasteiger partial charge in [-0.3, -0.25) is 14.5 Å². The first kappa shape index (κ1) is 15.8. The van der Waals surface area contributed by atoms with Gasteiger partial charge in [-0.2, -0.15) is 5.10 Å². The lowest BCUT2D eigenvalue weighted by Gasteiger charge is -2.15. The molecule has 0 aliphatic rings. The average Bonchev–Trinajstić information content (AvgIpc) is 3.26. The standard InChI is InChI=1S/C18H18N8O/c1-24-10-13(5-21-24)15-7-20-17-18(22-15)26(23-17)9-12-3-4-16-19-6-14(11-27-2)25(16)8-12/h3-8,10H,9,11H2,1-2H3,(H,20,23). The molecule has 9 heteroatoms. The molecule has 0 aromatic carbocycles. The van der Waals surface area contributed by atoms with E-state index in [1.54, 1.807) is 24.2 Å². The van der Waals surface area contributed by atoms with Gasteiger partial charge in [-0.1, -0.05) is 6.07 Å². The molecule has 5 aromatic rings. The molecular weight excluding hydrogens is 344 g/mol. The van der Waals surface area contributed by atoms with Crippen LogP contribution in [0.1, 0.15) is 11.3 Å². The number of ether oxygens (including phenoxy) is 1. The van der Waals surface area contributed by atoms with Crippen LogP contribution in [0.3, 0.4) is 0 Å². The van der Waals surface area contributed by atoms with E-state index in [0.717, 1.165) is 39.5 Å². The molecule has 0 fully saturated rings. The van der Waals surface area contributed by atoms with Gasteiger partial charge < -0.3 is 9.14 Å². The molecule has 0 spiro atoms. The van der Waals surface area contributed by atoms with E-state index in [4.69, 9.17) is 9.72 Å². The van der Waals surface area contributed by atoms with Crippen LogP contribution in [-0.4, -0.2) is 46.0 Å². The van der Waals surface area contributed by atoms with Gasteiger partial charge in [0.2, 0.25) is 0 Å². The number of imidazole rings is 1. The fourth-order valence-corrected chi connectivity index (χ4v) is 3.19. The Kier molecular flexibility index (Phi) is 3.54. The predicted molar refractivity (Wildman–Crippen MR) is 99.1 cm³/mol. The molecule has 0 aliphatic heterocycles. The number of nitrogens with zero attached hydrogens (tertiary/aromatic N) is 7. The summed E-state index contributed by atoms with van der Waals surface area (Å²) in [5.74, 6) is 0. The maximum Gasteiger partial charge on any atom is 0.193 e. The predicted octanol–water partition coefficient (Wildman–Crippen LogP) is 2.00. The van der Waals surface area contributed by atoms with Crippen LogP contribution in [0.15, 0.2) is 43.1 Å². The highest BCUT2D eigenvalue weighted by atomic mass is 16.5. The van der Waals surface area contributed by atoms with Gasteiger partial charge in [-0.25, -0.2) is 15.0 Å². The van der Waals surface area contributed by atoms with Gasteiger partial charge in [0.1, 0.15) is 5.65 Å². The lowest BCUT2D eigenvalue weighted by Crippen LogP contribution is -2.15. The minimum absolute atomic E-state index is 0.523. The number of hydrogen-bond acceptors (Lipinski definition) is 5. The first-order valence-corrected chi connectivity index (χ1v) is 8.55. The Labute approximate surface area is 154 Å². The third-order valence-corrected chi connectivity index (χ3v) is 4.53. The van der Waals surface area contributed by atoms with Gasteiger partial charge in [0, 0.05) is 32.1 Å². The van der Waals surface area contributed by atoms with Crippen molar-refractivity contribution in [3.8, 4) is 11.3 Å². The molecule has 27 heavy (non-hydrogen) atoms. The van der Waals surface area contributed by atoms with Crippen LogP contribution in [0.2, 0.25) is 0 Å². The Morgan fingerprint density at radius 3 is 2.85 bits per heavy atom. The van der Waals surface area contributed by atoms with E-state index in [1.807, 2.05) is 30.2 Å². The van der Waals surface area contributed by atoms with Crippen LogP contribution in [0.5, 0.6) is 0 Å². The molecule has 9 nitrogen and oxygen atoms in total. The van der Waals surface area contributed by atoms with Crippen molar-refractivity contribution >= 4 is 16.9 Å². The van der Waals surface area contributed by atoms with Gasteiger partial charge >= 0.3 is 0 Å². The highest BCUT2D eigenvalue weighted by Gasteiger charge is 2.13. The normalized spacial score (nSPS) is 11.8. The molecule has 0 unspecified atom stereocenters. The van der Waals surface area contributed by atoms with Crippen LogP contribution in [0.25, 0.3) is 28.2 Å². The third kappa shape index (κ3) is 2.68. The lowest BCUT2D eigenvalue weighted by atomic mass is 10.2. The zero-order valence-electron chi connectivity index (χ0n) is 15.0. The molecule has 5 rings (SSSR count). The molecule has 136 valence electrons. The van der Waals surface area contributed by atoms with E-state index in [0.29, 0.717) is 13.2 Å². The van der Waals surface area contributed by atoms with E-state index in [2.05, 4.69) is 36.8 Å². The summed E-state index contributed by atoms with van der Waals surface area (Å²) >= 11 is 0. The largest absolute Gasteiger partial charge is 0.378 e. The zero-order chi connectivity index (χ0) is 18.4. The Morgan fingerprint density at radius 2 is 2.04 bits per heavy atom. The van der Waals surface area contributed by atoms with Gasteiger partial charge in [-0.05, 0) is 11.6 Å². The first-order valence-electron chi connectivity index (χ1n) is 8.55. The fraction of sp³-hybridized carbons (Fsp3) is 0.222. The molecule has 0 saturated carbocycles. The van der Waals surface area contributed by atoms with Gasteiger partial charge in [0.25, 0.3) is 0 Å². The maximum absolute atomic E-state index is 5.24. The first-order chi connectivity index (χ1) is 13.2. The van der Waals surface area contributed by atoms with Crippen LogP contribution in [0.4, 0.5) is 0 Å². The number of aromatic nitrogens is 8. The van der Waals surface area contributed by atoms with Crippen LogP contribution in [-0.2, 0) is 24.9 Å². The number of pyridine rings is 1. The van der Waals surface area contributed by atoms with Crippen molar-refractivity contribution in [1.29, 1.82) is 0 Å². The third-order valence-electron chi connectivity index (χ3n) is 4.53. The number of hydrogen-bond donors (Lipinski definition) is 1. The molecule has 0 atom stereocenters. The second kappa shape index (κ2) is 6.06. The summed E-state index contributed by atoms with van der Waals surface area (Å²) in [6, 6.07) is 4.07. The number of fused-ring (bicyclic) bond motifs is 2. The van der Waals surface area contributed by atoms with Crippen molar-refractivity contribution in [3.63, 3.8) is 0 Å². The van der Waals surface area contributed by atoms with Crippen molar-refractivity contribution in [1.82, 2.24) is 38.9 Å². The van der Waals surface area contributed by atoms with Crippen LogP contribution < -0.4 is 0 Å². The molecule has 1 N–H and O–H groups in total. The van der Waals surface area contributed by atoms with Crippen molar-refractivity contribution < 1.29 is 4.74 Å². The second-order valence-electron chi connectivity index (χ2n) is 6.48. The summed E-state index contributed by atoms with van der Waals surface area (Å²) in [4.78, 5) is 13.6. The molecule has 0 aliphatic carbocycles. The number of nitrogens with one attached hydrogen (secondary N) is 1. The number of aryl methyl sites for hydroxylation is 1. The number of methoxy groups -OCH3 is 1. The monoisotopic (exact) mass is 362 g/mol. The molecule has 0 amide bonds. The van der Waals surface area contributed by atoms with E-state index < -0.39 is 0 Å².